The molecule has 0 heterocycles. The van der Waals surface area contributed by atoms with E-state index in [0.29, 0.717) is 5.78 Å². The van der Waals surface area contributed by atoms with Gasteiger partial charge >= 0.3 is 0 Å². The maximum atomic E-state index is 13.3. The Bertz CT molecular complexity index is 1030. The molecular formula is C31H38O. The van der Waals surface area contributed by atoms with E-state index in [1.54, 1.807) is 0 Å². The molecule has 0 aromatic heterocycles. The number of hydrogen-bond donors (Lipinski definition) is 0. The molecule has 1 heteroatoms. The van der Waals surface area contributed by atoms with E-state index in [1.807, 2.05) is 19.9 Å². The molecule has 3 aromatic rings. The molecular weight excluding hydrogens is 388 g/mol. The molecule has 1 aliphatic carbocycles. The number of carbonyl (C=O) groups excluding carboxylic acids is 1. The quantitative estimate of drug-likeness (QED) is 0.368. The van der Waals surface area contributed by atoms with Crippen molar-refractivity contribution in [2.75, 3.05) is 0 Å². The Kier molecular flexibility index (Phi) is 8.07. The summed E-state index contributed by atoms with van der Waals surface area (Å²) in [6.45, 7) is 10.9. The highest BCUT2D eigenvalue weighted by Gasteiger charge is 2.36. The van der Waals surface area contributed by atoms with E-state index in [1.165, 1.54) is 47.1 Å². The van der Waals surface area contributed by atoms with Gasteiger partial charge in [-0.05, 0) is 52.5 Å². The number of carbonyl (C=O) groups is 1. The molecule has 1 aliphatic rings. The lowest BCUT2D eigenvalue weighted by Crippen LogP contribution is -2.21. The summed E-state index contributed by atoms with van der Waals surface area (Å²) in [7, 11) is 0. The highest BCUT2D eigenvalue weighted by Crippen LogP contribution is 2.43. The van der Waals surface area contributed by atoms with Crippen molar-refractivity contribution in [3.63, 3.8) is 0 Å². The van der Waals surface area contributed by atoms with Gasteiger partial charge < -0.3 is 0 Å². The van der Waals surface area contributed by atoms with Crippen LogP contribution in [0.15, 0.2) is 72.8 Å². The molecule has 168 valence electrons. The largest absolute Gasteiger partial charge is 0.294 e. The highest BCUT2D eigenvalue weighted by atomic mass is 16.1. The van der Waals surface area contributed by atoms with Crippen LogP contribution in [-0.2, 0) is 6.42 Å². The molecule has 1 atom stereocenters. The fraction of sp³-hybridized carbons (Fsp3) is 0.387. The van der Waals surface area contributed by atoms with Crippen molar-refractivity contribution in [2.45, 2.75) is 66.7 Å². The van der Waals surface area contributed by atoms with Gasteiger partial charge in [-0.25, -0.2) is 0 Å². The van der Waals surface area contributed by atoms with Gasteiger partial charge in [-0.15, -0.1) is 0 Å². The van der Waals surface area contributed by atoms with Crippen molar-refractivity contribution >= 4 is 5.78 Å². The first-order valence-electron chi connectivity index (χ1n) is 12.3. The van der Waals surface area contributed by atoms with Crippen molar-refractivity contribution in [2.24, 2.45) is 11.3 Å². The predicted octanol–water partition coefficient (Wildman–Crippen LogP) is 9.01. The van der Waals surface area contributed by atoms with Gasteiger partial charge in [-0.2, -0.15) is 0 Å². The molecule has 0 aliphatic heterocycles. The van der Waals surface area contributed by atoms with Crippen LogP contribution in [0.25, 0.3) is 22.3 Å². The normalized spacial score (nSPS) is 15.2. The minimum Gasteiger partial charge on any atom is -0.294 e. The second kappa shape index (κ2) is 10.8. The first-order chi connectivity index (χ1) is 15.5. The molecule has 0 N–H and O–H groups in total. The van der Waals surface area contributed by atoms with Crippen molar-refractivity contribution in [1.29, 1.82) is 0 Å². The summed E-state index contributed by atoms with van der Waals surface area (Å²) in [5, 5.41) is 0. The molecule has 32 heavy (non-hydrogen) atoms. The molecule has 1 unspecified atom stereocenters. The lowest BCUT2D eigenvalue weighted by Gasteiger charge is -2.27. The Hall–Kier alpha value is -2.67. The number of hydrogen-bond acceptors (Lipinski definition) is 1. The van der Waals surface area contributed by atoms with Crippen LogP contribution in [0.3, 0.4) is 0 Å². The van der Waals surface area contributed by atoms with E-state index < -0.39 is 0 Å². The molecule has 0 fully saturated rings. The Morgan fingerprint density at radius 2 is 1.38 bits per heavy atom. The molecule has 0 amide bonds. The van der Waals surface area contributed by atoms with Gasteiger partial charge in [0.1, 0.15) is 0 Å². The van der Waals surface area contributed by atoms with E-state index in [0.717, 1.165) is 18.4 Å². The van der Waals surface area contributed by atoms with Crippen molar-refractivity contribution in [1.82, 2.24) is 0 Å². The number of rotatable bonds is 7. The number of Topliss-reactive ketones (excluding diaryl/α,β-unsaturated/α-hetero) is 1. The molecule has 1 nitrogen and oxygen atoms in total. The van der Waals surface area contributed by atoms with Crippen LogP contribution in [0.1, 0.15) is 76.2 Å². The topological polar surface area (TPSA) is 17.1 Å². The summed E-state index contributed by atoms with van der Waals surface area (Å²) in [5.74, 6) is 0.450. The zero-order valence-corrected chi connectivity index (χ0v) is 20.4. The molecule has 3 aromatic carbocycles. The van der Waals surface area contributed by atoms with E-state index in [-0.39, 0.29) is 11.3 Å². The van der Waals surface area contributed by atoms with Gasteiger partial charge in [0, 0.05) is 11.5 Å². The van der Waals surface area contributed by atoms with E-state index in [9.17, 15) is 4.79 Å². The second-order valence-corrected chi connectivity index (χ2v) is 9.48. The van der Waals surface area contributed by atoms with E-state index in [2.05, 4.69) is 87.5 Å². The van der Waals surface area contributed by atoms with Crippen molar-refractivity contribution in [3.8, 4) is 22.3 Å². The summed E-state index contributed by atoms with van der Waals surface area (Å²) < 4.78 is 0. The summed E-state index contributed by atoms with van der Waals surface area (Å²) in [6, 6.07) is 25.4. The summed E-state index contributed by atoms with van der Waals surface area (Å²) >= 11 is 0. The lowest BCUT2D eigenvalue weighted by molar-refractivity contribution is 0.0893. The fourth-order valence-electron chi connectivity index (χ4n) is 5.03. The molecule has 4 rings (SSSR count). The van der Waals surface area contributed by atoms with Gasteiger partial charge in [0.15, 0.2) is 5.78 Å². The molecule has 0 bridgehead atoms. The molecule has 0 saturated heterocycles. The smallest absolute Gasteiger partial charge is 0.166 e. The molecule has 0 spiro atoms. The van der Waals surface area contributed by atoms with Gasteiger partial charge in [0.2, 0.25) is 0 Å². The van der Waals surface area contributed by atoms with Crippen LogP contribution in [0.5, 0.6) is 0 Å². The average Bonchev–Trinajstić information content (AvgIpc) is 3.14. The number of ketones is 1. The van der Waals surface area contributed by atoms with Gasteiger partial charge in [-0.1, -0.05) is 120 Å². The Labute approximate surface area is 194 Å². The van der Waals surface area contributed by atoms with Crippen molar-refractivity contribution < 1.29 is 4.79 Å². The van der Waals surface area contributed by atoms with Crippen LogP contribution in [0.2, 0.25) is 0 Å². The van der Waals surface area contributed by atoms with E-state index in [4.69, 9.17) is 0 Å². The third-order valence-corrected chi connectivity index (χ3v) is 6.57. The summed E-state index contributed by atoms with van der Waals surface area (Å²) in [6.07, 6.45) is 5.47. The second-order valence-electron chi connectivity index (χ2n) is 9.48. The standard InChI is InChI=1S/C29H32O.C2H6/c1-4-5-18-29(2,3)20-22-19-27-25(16-11-17-26(27)28(22)30)24-15-10-9-14-23(24)21-12-7-6-8-13-21;1-2/h6-17,22H,4-5,18-20H2,1-3H3;1-2H3. The van der Waals surface area contributed by atoms with Gasteiger partial charge in [0.25, 0.3) is 0 Å². The number of benzene rings is 3. The number of unbranched alkanes of at least 4 members (excludes halogenated alkanes) is 1. The first kappa shape index (κ1) is 24.0. The van der Waals surface area contributed by atoms with Gasteiger partial charge in [0.05, 0.1) is 0 Å². The summed E-state index contributed by atoms with van der Waals surface area (Å²) in [5.41, 5.74) is 7.26. The number of fused-ring (bicyclic) bond motifs is 1. The van der Waals surface area contributed by atoms with Crippen LogP contribution >= 0.6 is 0 Å². The molecule has 0 radical (unpaired) electrons. The van der Waals surface area contributed by atoms with Crippen LogP contribution in [0, 0.1) is 11.3 Å². The molecule has 0 saturated carbocycles. The maximum absolute atomic E-state index is 13.3. The minimum absolute atomic E-state index is 0.108. The fourth-order valence-corrected chi connectivity index (χ4v) is 5.03. The Morgan fingerprint density at radius 3 is 2.06 bits per heavy atom. The third kappa shape index (κ3) is 5.21. The lowest BCUT2D eigenvalue weighted by atomic mass is 9.77. The predicted molar refractivity (Wildman–Crippen MR) is 138 cm³/mol. The zero-order valence-electron chi connectivity index (χ0n) is 20.4. The van der Waals surface area contributed by atoms with Crippen LogP contribution < -0.4 is 0 Å². The highest BCUT2D eigenvalue weighted by molar-refractivity contribution is 6.04. The first-order valence-corrected chi connectivity index (χ1v) is 12.3. The SMILES string of the molecule is CC.CCCCC(C)(C)CC1Cc2c(cccc2-c2ccccc2-c2ccccc2)C1=O. The Morgan fingerprint density at radius 1 is 0.781 bits per heavy atom. The minimum atomic E-state index is 0.108. The Balaban J connectivity index is 0.00000141. The van der Waals surface area contributed by atoms with Gasteiger partial charge in [-0.3, -0.25) is 4.79 Å². The third-order valence-electron chi connectivity index (χ3n) is 6.57. The van der Waals surface area contributed by atoms with Crippen LogP contribution in [0.4, 0.5) is 0 Å². The van der Waals surface area contributed by atoms with Crippen LogP contribution in [-0.4, -0.2) is 5.78 Å². The average molecular weight is 427 g/mol. The van der Waals surface area contributed by atoms with Crippen molar-refractivity contribution in [3.05, 3.63) is 83.9 Å². The summed E-state index contributed by atoms with van der Waals surface area (Å²) in [4.78, 5) is 13.3. The maximum Gasteiger partial charge on any atom is 0.166 e. The van der Waals surface area contributed by atoms with E-state index >= 15 is 0 Å². The zero-order chi connectivity index (χ0) is 23.1. The monoisotopic (exact) mass is 426 g/mol.